The van der Waals surface area contributed by atoms with E-state index in [9.17, 15) is 13.6 Å². The second-order valence-corrected chi connectivity index (χ2v) is 3.18. The van der Waals surface area contributed by atoms with Crippen LogP contribution in [-0.4, -0.2) is 11.3 Å². The van der Waals surface area contributed by atoms with Crippen LogP contribution < -0.4 is 0 Å². The summed E-state index contributed by atoms with van der Waals surface area (Å²) in [5, 5.41) is 8.81. The Hall–Kier alpha value is -1.35. The largest absolute Gasteiger partial charge is 0.298 e. The van der Waals surface area contributed by atoms with Crippen molar-refractivity contribution in [1.29, 1.82) is 5.26 Å². The minimum atomic E-state index is -2.88. The topological polar surface area (TPSA) is 53.8 Å². The van der Waals surface area contributed by atoms with Crippen molar-refractivity contribution >= 4 is 22.2 Å². The predicted molar refractivity (Wildman–Crippen MR) is 51.9 cm³/mol. The Balaban J connectivity index is 3.53. The van der Waals surface area contributed by atoms with Gasteiger partial charge in [-0.3, -0.25) is 4.79 Å². The van der Waals surface area contributed by atoms with Crippen LogP contribution in [0.1, 0.15) is 33.6 Å². The number of aromatic nitrogens is 1. The van der Waals surface area contributed by atoms with Crippen LogP contribution in [0.15, 0.2) is 6.20 Å². The number of nitrogens with zero attached hydrogens (tertiary/aromatic N) is 2. The Morgan fingerprint density at radius 1 is 1.67 bits per heavy atom. The molecule has 1 rings (SSSR count). The third-order valence-corrected chi connectivity index (χ3v) is 2.43. The first-order chi connectivity index (χ1) is 7.15. The molecule has 0 N–H and O–H groups in total. The van der Waals surface area contributed by atoms with Crippen molar-refractivity contribution < 1.29 is 13.6 Å². The highest BCUT2D eigenvalue weighted by atomic mass is 79.9. The number of carbonyl (C=O) groups excluding carboxylic acids is 1. The number of hydrogen-bond donors (Lipinski definition) is 0. The van der Waals surface area contributed by atoms with Gasteiger partial charge in [-0.1, -0.05) is 15.9 Å². The minimum Gasteiger partial charge on any atom is -0.298 e. The van der Waals surface area contributed by atoms with Crippen molar-refractivity contribution in [2.75, 3.05) is 0 Å². The molecule has 0 spiro atoms. The van der Waals surface area contributed by atoms with E-state index in [-0.39, 0.29) is 10.9 Å². The van der Waals surface area contributed by atoms with Crippen LogP contribution in [0.25, 0.3) is 0 Å². The fourth-order valence-corrected chi connectivity index (χ4v) is 1.58. The maximum Gasteiger partial charge on any atom is 0.267 e. The molecule has 15 heavy (non-hydrogen) atoms. The molecule has 1 aromatic rings. The van der Waals surface area contributed by atoms with E-state index in [1.54, 1.807) is 0 Å². The molecule has 0 aliphatic heterocycles. The van der Waals surface area contributed by atoms with E-state index in [1.165, 1.54) is 12.3 Å². The van der Waals surface area contributed by atoms with Gasteiger partial charge >= 0.3 is 0 Å². The Morgan fingerprint density at radius 3 is 2.73 bits per heavy atom. The maximum atomic E-state index is 12.6. The lowest BCUT2D eigenvalue weighted by Gasteiger charge is -2.08. The van der Waals surface area contributed by atoms with E-state index in [0.717, 1.165) is 0 Å². The number of hydrogen-bond acceptors (Lipinski definition) is 3. The molecule has 0 unspecified atom stereocenters. The number of alkyl halides is 3. The van der Waals surface area contributed by atoms with Gasteiger partial charge in [0.15, 0.2) is 6.29 Å². The van der Waals surface area contributed by atoms with Gasteiger partial charge < -0.3 is 0 Å². The van der Waals surface area contributed by atoms with Crippen LogP contribution in [-0.2, 0) is 5.33 Å². The predicted octanol–water partition coefficient (Wildman–Crippen LogP) is 2.60. The van der Waals surface area contributed by atoms with E-state index in [4.69, 9.17) is 5.26 Å². The van der Waals surface area contributed by atoms with E-state index in [2.05, 4.69) is 20.9 Å². The summed E-state index contributed by atoms with van der Waals surface area (Å²) >= 11 is 3.05. The van der Waals surface area contributed by atoms with Gasteiger partial charge in [0.05, 0.1) is 5.56 Å². The van der Waals surface area contributed by atoms with Gasteiger partial charge in [0, 0.05) is 17.1 Å². The first kappa shape index (κ1) is 11.7. The van der Waals surface area contributed by atoms with E-state index in [1.807, 2.05) is 0 Å². The number of pyridine rings is 1. The number of aldehydes is 1. The SMILES string of the molecule is N#Cc1ncc(CBr)c(C=O)c1C(F)F. The summed E-state index contributed by atoms with van der Waals surface area (Å²) in [6, 6.07) is 1.54. The first-order valence-electron chi connectivity index (χ1n) is 3.86. The number of carbonyl (C=O) groups is 1. The minimum absolute atomic E-state index is 0.159. The number of rotatable bonds is 3. The normalized spacial score (nSPS) is 10.1. The molecule has 0 aromatic carbocycles. The van der Waals surface area contributed by atoms with Gasteiger partial charge in [-0.25, -0.2) is 13.8 Å². The second-order valence-electron chi connectivity index (χ2n) is 2.62. The molecule has 0 aliphatic carbocycles. The molecule has 0 saturated carbocycles. The lowest BCUT2D eigenvalue weighted by Crippen LogP contribution is -2.04. The molecule has 1 heterocycles. The smallest absolute Gasteiger partial charge is 0.267 e. The Morgan fingerprint density at radius 2 is 2.33 bits per heavy atom. The average Bonchev–Trinajstić information content (AvgIpc) is 2.26. The standard InChI is InChI=1S/C9H5BrF2N2O/c10-1-5-3-14-7(2-13)8(9(11)12)6(5)4-15/h3-4,9H,1H2. The van der Waals surface area contributed by atoms with Gasteiger partial charge in [0.25, 0.3) is 6.43 Å². The molecule has 1 aromatic heterocycles. The summed E-state index contributed by atoms with van der Waals surface area (Å²) in [5.74, 6) is 0. The summed E-state index contributed by atoms with van der Waals surface area (Å²) in [7, 11) is 0. The van der Waals surface area contributed by atoms with Crippen molar-refractivity contribution in [3.63, 3.8) is 0 Å². The van der Waals surface area contributed by atoms with Crippen molar-refractivity contribution in [3.8, 4) is 6.07 Å². The van der Waals surface area contributed by atoms with Gasteiger partial charge in [-0.15, -0.1) is 0 Å². The monoisotopic (exact) mass is 274 g/mol. The van der Waals surface area contributed by atoms with Crippen molar-refractivity contribution in [2.24, 2.45) is 0 Å². The molecule has 6 heteroatoms. The van der Waals surface area contributed by atoms with Crippen LogP contribution in [0.4, 0.5) is 8.78 Å². The Kier molecular flexibility index (Phi) is 3.86. The zero-order chi connectivity index (χ0) is 11.4. The highest BCUT2D eigenvalue weighted by Crippen LogP contribution is 2.27. The highest BCUT2D eigenvalue weighted by Gasteiger charge is 2.21. The van der Waals surface area contributed by atoms with Crippen molar-refractivity contribution in [1.82, 2.24) is 4.98 Å². The number of nitriles is 1. The summed E-state index contributed by atoms with van der Waals surface area (Å²) in [6.07, 6.45) is -1.32. The van der Waals surface area contributed by atoms with Crippen molar-refractivity contribution in [3.05, 3.63) is 28.6 Å². The molecule has 0 radical (unpaired) electrons. The fraction of sp³-hybridized carbons (Fsp3) is 0.222. The van der Waals surface area contributed by atoms with Crippen LogP contribution in [0.3, 0.4) is 0 Å². The lowest BCUT2D eigenvalue weighted by atomic mass is 10.0. The van der Waals surface area contributed by atoms with Crippen LogP contribution >= 0.6 is 15.9 Å². The summed E-state index contributed by atoms with van der Waals surface area (Å²) in [5.41, 5.74) is -0.811. The third kappa shape index (κ3) is 2.18. The van der Waals surface area contributed by atoms with E-state index < -0.39 is 17.7 Å². The molecule has 0 fully saturated rings. The Labute approximate surface area is 92.9 Å². The molecule has 78 valence electrons. The molecule has 0 aliphatic rings. The zero-order valence-corrected chi connectivity index (χ0v) is 8.96. The van der Waals surface area contributed by atoms with Gasteiger partial charge in [-0.2, -0.15) is 5.26 Å². The second kappa shape index (κ2) is 4.94. The van der Waals surface area contributed by atoms with Crippen LogP contribution in [0.5, 0.6) is 0 Å². The molecule has 0 amide bonds. The molecule has 3 nitrogen and oxygen atoms in total. The van der Waals surface area contributed by atoms with Crippen LogP contribution in [0.2, 0.25) is 0 Å². The van der Waals surface area contributed by atoms with E-state index in [0.29, 0.717) is 11.8 Å². The first-order valence-corrected chi connectivity index (χ1v) is 4.99. The summed E-state index contributed by atoms with van der Waals surface area (Å²) < 4.78 is 25.2. The molecule has 0 saturated heterocycles. The zero-order valence-electron chi connectivity index (χ0n) is 7.38. The van der Waals surface area contributed by atoms with Gasteiger partial charge in [0.2, 0.25) is 0 Å². The number of halogens is 3. The van der Waals surface area contributed by atoms with E-state index >= 15 is 0 Å². The van der Waals surface area contributed by atoms with Gasteiger partial charge in [-0.05, 0) is 5.56 Å². The summed E-state index contributed by atoms with van der Waals surface area (Å²) in [4.78, 5) is 14.3. The maximum absolute atomic E-state index is 12.6. The Bertz CT molecular complexity index is 429. The molecule has 0 atom stereocenters. The molecular weight excluding hydrogens is 270 g/mol. The molecule has 0 bridgehead atoms. The highest BCUT2D eigenvalue weighted by molar-refractivity contribution is 9.08. The third-order valence-electron chi connectivity index (χ3n) is 1.83. The quantitative estimate of drug-likeness (QED) is 0.629. The lowest BCUT2D eigenvalue weighted by molar-refractivity contribution is 0.110. The fourth-order valence-electron chi connectivity index (χ4n) is 1.14. The molecular formula is C9H5BrF2N2O. The van der Waals surface area contributed by atoms with Gasteiger partial charge in [0.1, 0.15) is 11.8 Å². The average molecular weight is 275 g/mol. The van der Waals surface area contributed by atoms with Crippen LogP contribution in [0, 0.1) is 11.3 Å². The summed E-state index contributed by atoms with van der Waals surface area (Å²) in [6.45, 7) is 0. The van der Waals surface area contributed by atoms with Crippen molar-refractivity contribution in [2.45, 2.75) is 11.8 Å².